The molecule has 0 radical (unpaired) electrons. The fraction of sp³-hybridized carbons (Fsp3) is 0.583. The van der Waals surface area contributed by atoms with Gasteiger partial charge in [-0.3, -0.25) is 15.0 Å². The molecule has 184 valence electrons. The topological polar surface area (TPSA) is 136 Å². The zero-order chi connectivity index (χ0) is 24.6. The quantitative estimate of drug-likeness (QED) is 0.403. The molecule has 4 N–H and O–H groups in total. The van der Waals surface area contributed by atoms with Crippen LogP contribution >= 0.6 is 0 Å². The van der Waals surface area contributed by atoms with E-state index in [4.69, 9.17) is 10.5 Å². The van der Waals surface area contributed by atoms with Crippen LogP contribution in [0.5, 0.6) is 0 Å². The smallest absolute Gasteiger partial charge is 0.318 e. The largest absolute Gasteiger partial charge is 0.378 e. The Balaban J connectivity index is 1.75. The second-order valence-electron chi connectivity index (χ2n) is 9.32. The number of morpholine rings is 1. The number of nitrogens with zero attached hydrogens (tertiary/aromatic N) is 4. The number of rotatable bonds is 7. The van der Waals surface area contributed by atoms with Crippen LogP contribution in [0.4, 0.5) is 4.79 Å². The molecule has 2 aliphatic heterocycles. The van der Waals surface area contributed by atoms with Crippen molar-refractivity contribution < 1.29 is 14.3 Å². The zero-order valence-corrected chi connectivity index (χ0v) is 20.0. The van der Waals surface area contributed by atoms with E-state index in [1.54, 1.807) is 0 Å². The van der Waals surface area contributed by atoms with Crippen molar-refractivity contribution in [2.24, 2.45) is 16.6 Å². The van der Waals surface area contributed by atoms with Crippen LogP contribution in [0.3, 0.4) is 0 Å². The van der Waals surface area contributed by atoms with Gasteiger partial charge in [0.25, 0.3) is 0 Å². The Labute approximate surface area is 201 Å². The Morgan fingerprint density at radius 3 is 2.56 bits per heavy atom. The van der Waals surface area contributed by atoms with Crippen molar-refractivity contribution in [2.45, 2.75) is 44.8 Å². The number of carbonyl (C=O) groups excluding carboxylic acids is 2. The number of likely N-dealkylation sites (tertiary alicyclic amines) is 1. The van der Waals surface area contributed by atoms with Gasteiger partial charge in [-0.05, 0) is 24.3 Å². The molecule has 2 heterocycles. The van der Waals surface area contributed by atoms with Gasteiger partial charge in [-0.25, -0.2) is 9.79 Å². The lowest BCUT2D eigenvalue weighted by Crippen LogP contribution is -2.54. The predicted molar refractivity (Wildman–Crippen MR) is 129 cm³/mol. The summed E-state index contributed by atoms with van der Waals surface area (Å²) in [5.74, 6) is 0.115. The van der Waals surface area contributed by atoms with Crippen LogP contribution in [0.1, 0.15) is 32.3 Å². The van der Waals surface area contributed by atoms with Crippen molar-refractivity contribution in [3.63, 3.8) is 0 Å². The molecule has 3 rings (SSSR count). The molecular formula is C24H35N7O3. The molecule has 2 fully saturated rings. The van der Waals surface area contributed by atoms with E-state index in [-0.39, 0.29) is 17.8 Å². The highest BCUT2D eigenvalue weighted by Crippen LogP contribution is 2.23. The molecule has 1 aromatic rings. The number of guanidine groups is 1. The van der Waals surface area contributed by atoms with Gasteiger partial charge < -0.3 is 20.7 Å². The second kappa shape index (κ2) is 11.8. The highest BCUT2D eigenvalue weighted by molar-refractivity contribution is 5.97. The van der Waals surface area contributed by atoms with Gasteiger partial charge in [0, 0.05) is 32.7 Å². The molecule has 3 amide bonds. The third-order valence-corrected chi connectivity index (χ3v) is 5.99. The van der Waals surface area contributed by atoms with Crippen LogP contribution in [0.15, 0.2) is 35.3 Å². The van der Waals surface area contributed by atoms with E-state index in [1.807, 2.05) is 36.9 Å². The van der Waals surface area contributed by atoms with Crippen LogP contribution in [0.2, 0.25) is 0 Å². The Morgan fingerprint density at radius 1 is 1.24 bits per heavy atom. The summed E-state index contributed by atoms with van der Waals surface area (Å²) in [5, 5.41) is 15.5. The first kappa shape index (κ1) is 25.5. The standard InChI is InChI=1S/C24H35N7O3/c1-18(2)14-20(27-23(28-22(26)33)31-10-12-34-13-11-31)21(32)29-24(16-25)8-9-30(17-24)15-19-6-4-3-5-7-19/h3-7,18,20H,8-15,17H2,1-2H3,(H,29,32)(H3,26,27,28,33). The Bertz CT molecular complexity index is 909. The van der Waals surface area contributed by atoms with E-state index in [9.17, 15) is 14.9 Å². The molecule has 0 aliphatic carbocycles. The van der Waals surface area contributed by atoms with Crippen molar-refractivity contribution in [1.82, 2.24) is 20.4 Å². The average Bonchev–Trinajstić information content (AvgIpc) is 3.21. The van der Waals surface area contributed by atoms with Crippen LogP contribution in [-0.4, -0.2) is 78.7 Å². The van der Waals surface area contributed by atoms with Crippen molar-refractivity contribution in [2.75, 3.05) is 39.4 Å². The van der Waals surface area contributed by atoms with Crippen LogP contribution in [0, 0.1) is 17.2 Å². The number of amides is 3. The molecule has 2 atom stereocenters. The monoisotopic (exact) mass is 469 g/mol. The molecule has 1 aromatic carbocycles. The number of hydrogen-bond donors (Lipinski definition) is 3. The summed E-state index contributed by atoms with van der Waals surface area (Å²) in [5.41, 5.74) is 5.55. The summed E-state index contributed by atoms with van der Waals surface area (Å²) in [6.07, 6.45) is 1.01. The molecule has 10 nitrogen and oxygen atoms in total. The summed E-state index contributed by atoms with van der Waals surface area (Å²) in [6.45, 7) is 7.94. The summed E-state index contributed by atoms with van der Waals surface area (Å²) < 4.78 is 5.38. The van der Waals surface area contributed by atoms with Crippen molar-refractivity contribution in [3.05, 3.63) is 35.9 Å². The van der Waals surface area contributed by atoms with Gasteiger partial charge >= 0.3 is 6.03 Å². The number of ether oxygens (including phenoxy) is 1. The minimum atomic E-state index is -0.979. The first-order chi connectivity index (χ1) is 16.3. The lowest BCUT2D eigenvalue weighted by atomic mass is 9.98. The maximum atomic E-state index is 13.4. The number of nitrogens with one attached hydrogen (secondary N) is 2. The summed E-state index contributed by atoms with van der Waals surface area (Å²) in [4.78, 5) is 33.6. The Hall–Kier alpha value is -3.16. The van der Waals surface area contributed by atoms with Crippen molar-refractivity contribution >= 4 is 17.9 Å². The summed E-state index contributed by atoms with van der Waals surface area (Å²) in [7, 11) is 0. The maximum Gasteiger partial charge on any atom is 0.318 e. The predicted octanol–water partition coefficient (Wildman–Crippen LogP) is 1.04. The van der Waals surface area contributed by atoms with Gasteiger partial charge in [0.05, 0.1) is 19.3 Å². The first-order valence-corrected chi connectivity index (χ1v) is 11.8. The maximum absolute atomic E-state index is 13.4. The van der Waals surface area contributed by atoms with Gasteiger partial charge in [-0.1, -0.05) is 44.2 Å². The molecule has 2 aliphatic rings. The number of primary amides is 1. The van der Waals surface area contributed by atoms with E-state index in [2.05, 4.69) is 38.7 Å². The summed E-state index contributed by atoms with van der Waals surface area (Å²) in [6, 6.07) is 10.9. The summed E-state index contributed by atoms with van der Waals surface area (Å²) >= 11 is 0. The fourth-order valence-electron chi connectivity index (χ4n) is 4.30. The molecule has 2 saturated heterocycles. The number of nitrogens with two attached hydrogens (primary N) is 1. The Kier molecular flexibility index (Phi) is 8.85. The third-order valence-electron chi connectivity index (χ3n) is 5.99. The molecule has 0 spiro atoms. The SMILES string of the molecule is CC(C)CC(N=C(NC(N)=O)N1CCOCC1)C(=O)NC1(C#N)CCN(Cc2ccccc2)C1. The van der Waals surface area contributed by atoms with Gasteiger partial charge in [0.15, 0.2) is 0 Å². The van der Waals surface area contributed by atoms with E-state index in [0.29, 0.717) is 52.2 Å². The molecule has 0 bridgehead atoms. The Morgan fingerprint density at radius 2 is 1.94 bits per heavy atom. The molecule has 10 heteroatoms. The lowest BCUT2D eigenvalue weighted by Gasteiger charge is -2.31. The second-order valence-corrected chi connectivity index (χ2v) is 9.32. The number of carbonyl (C=O) groups is 2. The van der Waals surface area contributed by atoms with Crippen molar-refractivity contribution in [1.29, 1.82) is 5.26 Å². The number of aliphatic imine (C=N–C) groups is 1. The van der Waals surface area contributed by atoms with Gasteiger partial charge in [-0.2, -0.15) is 5.26 Å². The molecule has 2 unspecified atom stereocenters. The highest BCUT2D eigenvalue weighted by Gasteiger charge is 2.41. The number of hydrogen-bond acceptors (Lipinski definition) is 6. The average molecular weight is 470 g/mol. The third kappa shape index (κ3) is 7.17. The van der Waals surface area contributed by atoms with Gasteiger partial charge in [0.1, 0.15) is 11.6 Å². The van der Waals surface area contributed by atoms with Gasteiger partial charge in [0.2, 0.25) is 11.9 Å². The van der Waals surface area contributed by atoms with Crippen LogP contribution in [0.25, 0.3) is 0 Å². The first-order valence-electron chi connectivity index (χ1n) is 11.8. The number of nitriles is 1. The highest BCUT2D eigenvalue weighted by atomic mass is 16.5. The van der Waals surface area contributed by atoms with Gasteiger partial charge in [-0.15, -0.1) is 0 Å². The fourth-order valence-corrected chi connectivity index (χ4v) is 4.30. The molecule has 0 saturated carbocycles. The minimum absolute atomic E-state index is 0.176. The molecule has 34 heavy (non-hydrogen) atoms. The van der Waals surface area contributed by atoms with Crippen molar-refractivity contribution in [3.8, 4) is 6.07 Å². The van der Waals surface area contributed by atoms with E-state index >= 15 is 0 Å². The number of urea groups is 1. The van der Waals surface area contributed by atoms with Crippen LogP contribution in [-0.2, 0) is 16.1 Å². The normalized spacial score (nSPS) is 22.3. The minimum Gasteiger partial charge on any atom is -0.378 e. The van der Waals surface area contributed by atoms with Crippen LogP contribution < -0.4 is 16.4 Å². The molecular weight excluding hydrogens is 434 g/mol. The number of benzene rings is 1. The lowest BCUT2D eigenvalue weighted by molar-refractivity contribution is -0.123. The zero-order valence-electron chi connectivity index (χ0n) is 20.0. The van der Waals surface area contributed by atoms with E-state index in [0.717, 1.165) is 12.1 Å². The van der Waals surface area contributed by atoms with E-state index in [1.165, 1.54) is 0 Å². The molecule has 0 aromatic heterocycles. The van der Waals surface area contributed by atoms with E-state index < -0.39 is 17.6 Å².